The molecule has 1 unspecified atom stereocenters. The molecule has 1 amide bonds. The van der Waals surface area contributed by atoms with Crippen molar-refractivity contribution >= 4 is 5.91 Å². The Morgan fingerprint density at radius 3 is 3.15 bits per heavy atom. The second-order valence-corrected chi connectivity index (χ2v) is 2.96. The molecular weight excluding hydrogens is 168 g/mol. The zero-order valence-corrected chi connectivity index (χ0v) is 7.51. The van der Waals surface area contributed by atoms with Gasteiger partial charge in [0.2, 0.25) is 0 Å². The Bertz CT molecular complexity index is 204. The minimum absolute atomic E-state index is 0.110. The zero-order valence-electron chi connectivity index (χ0n) is 7.51. The van der Waals surface area contributed by atoms with Gasteiger partial charge in [-0.05, 0) is 19.4 Å². The average molecular weight is 182 g/mol. The van der Waals surface area contributed by atoms with Crippen molar-refractivity contribution in [2.75, 3.05) is 13.2 Å². The summed E-state index contributed by atoms with van der Waals surface area (Å²) in [5.74, 6) is 2.14. The molecule has 0 aliphatic carbocycles. The molecule has 1 heterocycles. The van der Waals surface area contributed by atoms with Crippen LogP contribution in [-0.2, 0) is 9.63 Å². The van der Waals surface area contributed by atoms with Crippen molar-refractivity contribution in [1.82, 2.24) is 10.8 Å². The van der Waals surface area contributed by atoms with Crippen molar-refractivity contribution in [3.8, 4) is 12.3 Å². The van der Waals surface area contributed by atoms with Crippen molar-refractivity contribution < 1.29 is 9.63 Å². The van der Waals surface area contributed by atoms with E-state index in [4.69, 9.17) is 11.3 Å². The van der Waals surface area contributed by atoms with Crippen LogP contribution in [0, 0.1) is 12.3 Å². The topological polar surface area (TPSA) is 50.4 Å². The van der Waals surface area contributed by atoms with Gasteiger partial charge >= 0.3 is 0 Å². The molecule has 1 rings (SSSR count). The summed E-state index contributed by atoms with van der Waals surface area (Å²) in [5.41, 5.74) is 2.31. The van der Waals surface area contributed by atoms with E-state index < -0.39 is 0 Å². The fourth-order valence-corrected chi connectivity index (χ4v) is 1.30. The van der Waals surface area contributed by atoms with Crippen molar-refractivity contribution in [3.63, 3.8) is 0 Å². The van der Waals surface area contributed by atoms with Gasteiger partial charge in [-0.25, -0.2) is 5.48 Å². The van der Waals surface area contributed by atoms with Crippen LogP contribution in [-0.4, -0.2) is 25.1 Å². The number of piperidine rings is 1. The number of nitrogens with one attached hydrogen (secondary N) is 2. The Labute approximate surface area is 78.0 Å². The maximum absolute atomic E-state index is 11.3. The average Bonchev–Trinajstić information content (AvgIpc) is 2.19. The fraction of sp³-hybridized carbons (Fsp3) is 0.667. The van der Waals surface area contributed by atoms with Gasteiger partial charge in [0.15, 0.2) is 0 Å². The summed E-state index contributed by atoms with van der Waals surface area (Å²) in [6, 6.07) is -0.119. The first-order chi connectivity index (χ1) is 6.34. The maximum atomic E-state index is 11.3. The fourth-order valence-electron chi connectivity index (χ4n) is 1.30. The lowest BCUT2D eigenvalue weighted by molar-refractivity contribution is -0.135. The molecule has 72 valence electrons. The van der Waals surface area contributed by atoms with Crippen LogP contribution in [0.1, 0.15) is 19.3 Å². The van der Waals surface area contributed by atoms with Crippen LogP contribution in [0.5, 0.6) is 0 Å². The van der Waals surface area contributed by atoms with Crippen LogP contribution < -0.4 is 10.8 Å². The molecule has 1 aliphatic rings. The van der Waals surface area contributed by atoms with Crippen molar-refractivity contribution in [1.29, 1.82) is 0 Å². The Morgan fingerprint density at radius 1 is 1.69 bits per heavy atom. The summed E-state index contributed by atoms with van der Waals surface area (Å²) in [5, 5.41) is 3.10. The standard InChI is InChI=1S/C9H14N2O2/c1-2-7-13-11-9(12)8-5-3-4-6-10-8/h1,8,10H,3-7H2,(H,11,12). The van der Waals surface area contributed by atoms with E-state index in [1.807, 2.05) is 0 Å². The van der Waals surface area contributed by atoms with E-state index in [0.29, 0.717) is 0 Å². The highest BCUT2D eigenvalue weighted by Gasteiger charge is 2.19. The molecule has 4 heteroatoms. The number of terminal acetylenes is 1. The van der Waals surface area contributed by atoms with E-state index in [2.05, 4.69) is 16.7 Å². The molecule has 4 nitrogen and oxygen atoms in total. The van der Waals surface area contributed by atoms with E-state index in [1.54, 1.807) is 0 Å². The monoisotopic (exact) mass is 182 g/mol. The third kappa shape index (κ3) is 3.45. The third-order valence-corrected chi connectivity index (χ3v) is 1.96. The number of carbonyl (C=O) groups is 1. The quantitative estimate of drug-likeness (QED) is 0.361. The number of amides is 1. The van der Waals surface area contributed by atoms with E-state index in [9.17, 15) is 4.79 Å². The minimum atomic E-state index is -0.130. The first kappa shape index (κ1) is 10.0. The second-order valence-electron chi connectivity index (χ2n) is 2.96. The highest BCUT2D eigenvalue weighted by atomic mass is 16.6. The number of hydrogen-bond acceptors (Lipinski definition) is 3. The van der Waals surface area contributed by atoms with E-state index in [-0.39, 0.29) is 18.6 Å². The molecule has 0 saturated carbocycles. The third-order valence-electron chi connectivity index (χ3n) is 1.96. The van der Waals surface area contributed by atoms with Gasteiger partial charge < -0.3 is 5.32 Å². The lowest BCUT2D eigenvalue weighted by Crippen LogP contribution is -2.46. The molecule has 1 fully saturated rings. The van der Waals surface area contributed by atoms with Gasteiger partial charge in [-0.1, -0.05) is 12.3 Å². The molecular formula is C9H14N2O2. The number of rotatable bonds is 3. The molecule has 0 aromatic carbocycles. The summed E-state index contributed by atoms with van der Waals surface area (Å²) in [6.45, 7) is 1.01. The summed E-state index contributed by atoms with van der Waals surface area (Å²) in [6.07, 6.45) is 8.04. The SMILES string of the molecule is C#CCONC(=O)C1CCCCN1. The van der Waals surface area contributed by atoms with Crippen LogP contribution in [0.3, 0.4) is 0 Å². The smallest absolute Gasteiger partial charge is 0.260 e. The Morgan fingerprint density at radius 2 is 2.54 bits per heavy atom. The Hall–Kier alpha value is -1.05. The molecule has 0 aromatic heterocycles. The number of carbonyl (C=O) groups excluding carboxylic acids is 1. The molecule has 13 heavy (non-hydrogen) atoms. The van der Waals surface area contributed by atoms with Gasteiger partial charge in [0.05, 0.1) is 6.04 Å². The van der Waals surface area contributed by atoms with Crippen LogP contribution in [0.15, 0.2) is 0 Å². The molecule has 0 radical (unpaired) electrons. The van der Waals surface area contributed by atoms with Gasteiger partial charge in [-0.2, -0.15) is 0 Å². The van der Waals surface area contributed by atoms with Crippen LogP contribution >= 0.6 is 0 Å². The van der Waals surface area contributed by atoms with Crippen LogP contribution in [0.4, 0.5) is 0 Å². The minimum Gasteiger partial charge on any atom is -0.306 e. The lowest BCUT2D eigenvalue weighted by atomic mass is 10.1. The van der Waals surface area contributed by atoms with Gasteiger partial charge in [-0.15, -0.1) is 6.42 Å². The van der Waals surface area contributed by atoms with Crippen LogP contribution in [0.2, 0.25) is 0 Å². The second kappa shape index (κ2) is 5.57. The molecule has 0 spiro atoms. The molecule has 1 atom stereocenters. The predicted molar refractivity (Wildman–Crippen MR) is 48.6 cm³/mol. The molecule has 0 bridgehead atoms. The predicted octanol–water partition coefficient (Wildman–Crippen LogP) is -0.191. The largest absolute Gasteiger partial charge is 0.306 e. The summed E-state index contributed by atoms with van der Waals surface area (Å²) < 4.78 is 0. The summed E-state index contributed by atoms with van der Waals surface area (Å²) in [7, 11) is 0. The Kier molecular flexibility index (Phi) is 4.30. The van der Waals surface area contributed by atoms with Crippen molar-refractivity contribution in [2.24, 2.45) is 0 Å². The van der Waals surface area contributed by atoms with Crippen molar-refractivity contribution in [3.05, 3.63) is 0 Å². The van der Waals surface area contributed by atoms with Gasteiger partial charge in [0, 0.05) is 0 Å². The summed E-state index contributed by atoms with van der Waals surface area (Å²) in [4.78, 5) is 16.0. The van der Waals surface area contributed by atoms with E-state index in [1.165, 1.54) is 0 Å². The lowest BCUT2D eigenvalue weighted by Gasteiger charge is -2.21. The van der Waals surface area contributed by atoms with Gasteiger partial charge in [0.1, 0.15) is 6.61 Å². The van der Waals surface area contributed by atoms with E-state index >= 15 is 0 Å². The Balaban J connectivity index is 2.18. The number of hydrogen-bond donors (Lipinski definition) is 2. The van der Waals surface area contributed by atoms with Gasteiger partial charge in [-0.3, -0.25) is 9.63 Å². The molecule has 2 N–H and O–H groups in total. The normalized spacial score (nSPS) is 21.9. The van der Waals surface area contributed by atoms with Crippen LogP contribution in [0.25, 0.3) is 0 Å². The van der Waals surface area contributed by atoms with Gasteiger partial charge in [0.25, 0.3) is 5.91 Å². The molecule has 1 saturated heterocycles. The molecule has 1 aliphatic heterocycles. The first-order valence-corrected chi connectivity index (χ1v) is 4.43. The van der Waals surface area contributed by atoms with Crippen molar-refractivity contribution in [2.45, 2.75) is 25.3 Å². The maximum Gasteiger partial charge on any atom is 0.260 e. The highest BCUT2D eigenvalue weighted by Crippen LogP contribution is 2.06. The number of hydroxylamine groups is 1. The summed E-state index contributed by atoms with van der Waals surface area (Å²) >= 11 is 0. The molecule has 0 aromatic rings. The zero-order chi connectivity index (χ0) is 9.52. The highest BCUT2D eigenvalue weighted by molar-refractivity contribution is 5.80. The first-order valence-electron chi connectivity index (χ1n) is 4.43. The van der Waals surface area contributed by atoms with E-state index in [0.717, 1.165) is 25.8 Å².